The maximum absolute atomic E-state index is 12.8. The second-order valence-electron chi connectivity index (χ2n) is 5.52. The first-order valence-corrected chi connectivity index (χ1v) is 7.78. The van der Waals surface area contributed by atoms with E-state index in [1.165, 1.54) is 20.3 Å². The number of ether oxygens (including phenoxy) is 2. The molecule has 1 N–H and O–H groups in total. The predicted octanol–water partition coefficient (Wildman–Crippen LogP) is 2.95. The van der Waals surface area contributed by atoms with Crippen LogP contribution in [0.5, 0.6) is 11.5 Å². The number of Topliss-reactive ketones (excluding diaryl/α,β-unsaturated/α-hetero) is 1. The largest absolute Gasteiger partial charge is 0.496 e. The third-order valence-electron chi connectivity index (χ3n) is 4.03. The van der Waals surface area contributed by atoms with Gasteiger partial charge in [-0.15, -0.1) is 0 Å². The van der Waals surface area contributed by atoms with Gasteiger partial charge >= 0.3 is 0 Å². The van der Waals surface area contributed by atoms with Gasteiger partial charge in [0.25, 0.3) is 0 Å². The molecule has 1 aliphatic carbocycles. The zero-order valence-corrected chi connectivity index (χ0v) is 13.7. The quantitative estimate of drug-likeness (QED) is 0.783. The number of hydrogen-bond acceptors (Lipinski definition) is 5. The van der Waals surface area contributed by atoms with Crippen molar-refractivity contribution >= 4 is 11.6 Å². The Balaban J connectivity index is 2.42. The van der Waals surface area contributed by atoms with E-state index in [0.29, 0.717) is 17.9 Å². The molecule has 5 heteroatoms. The minimum absolute atomic E-state index is 0.130. The summed E-state index contributed by atoms with van der Waals surface area (Å²) in [7, 11) is 2.88. The van der Waals surface area contributed by atoms with Crippen LogP contribution in [0.4, 0.5) is 0 Å². The fraction of sp³-hybridized carbons (Fsp3) is 0.444. The highest BCUT2D eigenvalue weighted by Crippen LogP contribution is 2.36. The molecular formula is C18H22O5. The van der Waals surface area contributed by atoms with Gasteiger partial charge < -0.3 is 14.6 Å². The van der Waals surface area contributed by atoms with Crippen LogP contribution >= 0.6 is 0 Å². The highest BCUT2D eigenvalue weighted by Gasteiger charge is 2.34. The summed E-state index contributed by atoms with van der Waals surface area (Å²) >= 11 is 0. The van der Waals surface area contributed by atoms with Crippen molar-refractivity contribution in [1.29, 1.82) is 0 Å². The number of fused-ring (bicyclic) bond motifs is 1. The molecule has 0 heterocycles. The van der Waals surface area contributed by atoms with Crippen molar-refractivity contribution in [2.24, 2.45) is 0 Å². The van der Waals surface area contributed by atoms with Gasteiger partial charge in [-0.3, -0.25) is 9.59 Å². The number of rotatable bonds is 7. The van der Waals surface area contributed by atoms with Crippen molar-refractivity contribution in [3.05, 3.63) is 34.9 Å². The first-order valence-electron chi connectivity index (χ1n) is 7.78. The van der Waals surface area contributed by atoms with Crippen molar-refractivity contribution in [2.75, 3.05) is 14.2 Å². The minimum Gasteiger partial charge on any atom is -0.496 e. The predicted molar refractivity (Wildman–Crippen MR) is 86.4 cm³/mol. The number of allylic oxidation sites excluding steroid dienone is 1. The van der Waals surface area contributed by atoms with Gasteiger partial charge in [-0.2, -0.15) is 0 Å². The summed E-state index contributed by atoms with van der Waals surface area (Å²) in [4.78, 5) is 25.2. The third kappa shape index (κ3) is 3.29. The minimum atomic E-state index is -0.943. The number of benzene rings is 1. The van der Waals surface area contributed by atoms with Gasteiger partial charge in [0.2, 0.25) is 0 Å². The molecule has 0 saturated carbocycles. The summed E-state index contributed by atoms with van der Waals surface area (Å²) < 4.78 is 10.4. The van der Waals surface area contributed by atoms with E-state index in [1.807, 2.05) is 0 Å². The second kappa shape index (κ2) is 7.42. The Kier molecular flexibility index (Phi) is 5.55. The number of carbonyl (C=O) groups excluding carboxylic acids is 2. The summed E-state index contributed by atoms with van der Waals surface area (Å²) in [6.07, 6.45) is 3.54. The fourth-order valence-corrected chi connectivity index (χ4v) is 2.79. The molecule has 0 radical (unpaired) electrons. The van der Waals surface area contributed by atoms with Crippen LogP contribution in [0.15, 0.2) is 23.8 Å². The van der Waals surface area contributed by atoms with E-state index in [4.69, 9.17) is 9.47 Å². The van der Waals surface area contributed by atoms with Gasteiger partial charge in [0.15, 0.2) is 11.6 Å². The molecule has 1 aliphatic rings. The Morgan fingerprint density at radius 3 is 2.22 bits per heavy atom. The van der Waals surface area contributed by atoms with Gasteiger partial charge in [0.1, 0.15) is 11.5 Å². The molecule has 0 spiro atoms. The zero-order chi connectivity index (χ0) is 17.0. The van der Waals surface area contributed by atoms with Crippen LogP contribution in [0, 0.1) is 0 Å². The molecule has 0 fully saturated rings. The molecular weight excluding hydrogens is 296 g/mol. The average molecular weight is 318 g/mol. The third-order valence-corrected chi connectivity index (χ3v) is 4.03. The maximum atomic E-state index is 12.8. The van der Waals surface area contributed by atoms with Crippen LogP contribution in [-0.2, 0) is 0 Å². The normalized spacial score (nSPS) is 15.0. The van der Waals surface area contributed by atoms with E-state index >= 15 is 0 Å². The molecule has 1 aromatic carbocycles. The Morgan fingerprint density at radius 1 is 1.04 bits per heavy atom. The molecule has 2 rings (SSSR count). The second-order valence-corrected chi connectivity index (χ2v) is 5.52. The average Bonchev–Trinajstić information content (AvgIpc) is 2.56. The fourth-order valence-electron chi connectivity index (χ4n) is 2.79. The van der Waals surface area contributed by atoms with Crippen LogP contribution in [0.2, 0.25) is 0 Å². The molecule has 124 valence electrons. The molecule has 0 bridgehead atoms. The zero-order valence-electron chi connectivity index (χ0n) is 13.7. The van der Waals surface area contributed by atoms with Crippen LogP contribution in [0.25, 0.3) is 0 Å². The van der Waals surface area contributed by atoms with Gasteiger partial charge in [-0.1, -0.05) is 26.2 Å². The molecule has 0 saturated heterocycles. The van der Waals surface area contributed by atoms with Crippen LogP contribution in [-0.4, -0.2) is 37.0 Å². The van der Waals surface area contributed by atoms with Crippen molar-refractivity contribution in [1.82, 2.24) is 0 Å². The Bertz CT molecular complexity index is 645. The summed E-state index contributed by atoms with van der Waals surface area (Å²) in [5, 5.41) is 10.3. The molecule has 0 aromatic heterocycles. The Morgan fingerprint density at radius 2 is 1.65 bits per heavy atom. The van der Waals surface area contributed by atoms with Crippen LogP contribution in [0.1, 0.15) is 53.3 Å². The lowest BCUT2D eigenvalue weighted by Gasteiger charge is -2.22. The first-order chi connectivity index (χ1) is 11.0. The van der Waals surface area contributed by atoms with E-state index in [0.717, 1.165) is 19.3 Å². The van der Waals surface area contributed by atoms with Crippen molar-refractivity contribution in [3.8, 4) is 11.5 Å². The highest BCUT2D eigenvalue weighted by atomic mass is 16.5. The molecule has 0 amide bonds. The van der Waals surface area contributed by atoms with E-state index < -0.39 is 6.10 Å². The first kappa shape index (κ1) is 17.2. The SMILES string of the molecule is CCCCCC(O)C1=CC(=O)c2c(OC)ccc(OC)c2C1=O. The number of aliphatic hydroxyl groups is 1. The topological polar surface area (TPSA) is 72.8 Å². The van der Waals surface area contributed by atoms with Gasteiger partial charge in [0.05, 0.1) is 31.5 Å². The number of unbranched alkanes of at least 4 members (excludes halogenated alkanes) is 2. The number of hydrogen-bond donors (Lipinski definition) is 1. The number of methoxy groups -OCH3 is 2. The molecule has 5 nitrogen and oxygen atoms in total. The summed E-state index contributed by atoms with van der Waals surface area (Å²) in [5.41, 5.74) is 0.496. The monoisotopic (exact) mass is 318 g/mol. The standard InChI is InChI=1S/C18H22O5/c1-4-5-6-7-12(19)11-10-13(20)16-14(22-2)8-9-15(23-3)17(16)18(11)21/h8-10,12,19H,4-7H2,1-3H3. The van der Waals surface area contributed by atoms with E-state index in [2.05, 4.69) is 6.92 Å². The lowest BCUT2D eigenvalue weighted by atomic mass is 9.84. The van der Waals surface area contributed by atoms with Crippen LogP contribution in [0.3, 0.4) is 0 Å². The summed E-state index contributed by atoms with van der Waals surface area (Å²) in [6.45, 7) is 2.06. The summed E-state index contributed by atoms with van der Waals surface area (Å²) in [5.74, 6) is -0.0836. The van der Waals surface area contributed by atoms with Gasteiger partial charge in [0, 0.05) is 5.57 Å². The lowest BCUT2D eigenvalue weighted by molar-refractivity contribution is 0.0936. The Labute approximate surface area is 135 Å². The van der Waals surface area contributed by atoms with Gasteiger partial charge in [-0.25, -0.2) is 0 Å². The highest BCUT2D eigenvalue weighted by molar-refractivity contribution is 6.27. The molecule has 0 aliphatic heterocycles. The number of carbonyl (C=O) groups is 2. The smallest absolute Gasteiger partial charge is 0.196 e. The van der Waals surface area contributed by atoms with Crippen molar-refractivity contribution < 1.29 is 24.2 Å². The van der Waals surface area contributed by atoms with Gasteiger partial charge in [-0.05, 0) is 24.6 Å². The van der Waals surface area contributed by atoms with E-state index in [9.17, 15) is 14.7 Å². The van der Waals surface area contributed by atoms with E-state index in [-0.39, 0.29) is 28.3 Å². The Hall–Kier alpha value is -2.14. The molecule has 1 atom stereocenters. The lowest BCUT2D eigenvalue weighted by Crippen LogP contribution is -2.26. The maximum Gasteiger partial charge on any atom is 0.196 e. The molecule has 23 heavy (non-hydrogen) atoms. The van der Waals surface area contributed by atoms with Crippen molar-refractivity contribution in [2.45, 2.75) is 38.7 Å². The summed E-state index contributed by atoms with van der Waals surface area (Å²) in [6, 6.07) is 3.19. The molecule has 1 aromatic rings. The van der Waals surface area contributed by atoms with Crippen molar-refractivity contribution in [3.63, 3.8) is 0 Å². The van der Waals surface area contributed by atoms with E-state index in [1.54, 1.807) is 12.1 Å². The molecule has 1 unspecified atom stereocenters. The number of aliphatic hydroxyl groups excluding tert-OH is 1. The van der Waals surface area contributed by atoms with Crippen LogP contribution < -0.4 is 9.47 Å². The number of ketones is 2.